The first-order valence-electron chi connectivity index (χ1n) is 5.28. The molecule has 2 heterocycles. The molecule has 2 aliphatic heterocycles. The smallest absolute Gasteiger partial charge is 0.0408 e. The average molecular weight is 200 g/mol. The Kier molecular flexibility index (Phi) is 2.86. The summed E-state index contributed by atoms with van der Waals surface area (Å²) in [5.41, 5.74) is 0.428. The van der Waals surface area contributed by atoms with Crippen LogP contribution in [0.3, 0.4) is 0 Å². The quantitative estimate of drug-likeness (QED) is 0.662. The second-order valence-electron chi connectivity index (χ2n) is 4.71. The van der Waals surface area contributed by atoms with Gasteiger partial charge in [0.15, 0.2) is 0 Å². The number of nitrogens with one attached hydrogen (secondary N) is 2. The normalized spacial score (nSPS) is 40.4. The molecular formula is C10H20N2S. The van der Waals surface area contributed by atoms with Gasteiger partial charge in [-0.1, -0.05) is 13.8 Å². The van der Waals surface area contributed by atoms with Crippen molar-refractivity contribution in [2.75, 3.05) is 24.6 Å². The van der Waals surface area contributed by atoms with Gasteiger partial charge in [-0.15, -0.1) is 0 Å². The molecule has 3 heteroatoms. The molecule has 0 aromatic rings. The van der Waals surface area contributed by atoms with E-state index in [1.54, 1.807) is 0 Å². The molecule has 0 aromatic heterocycles. The van der Waals surface area contributed by atoms with Gasteiger partial charge in [0.1, 0.15) is 0 Å². The van der Waals surface area contributed by atoms with Gasteiger partial charge in [0, 0.05) is 30.4 Å². The van der Waals surface area contributed by atoms with Gasteiger partial charge in [-0.25, -0.2) is 0 Å². The maximum absolute atomic E-state index is 3.84. The highest BCUT2D eigenvalue weighted by molar-refractivity contribution is 7.99. The van der Waals surface area contributed by atoms with E-state index in [4.69, 9.17) is 0 Å². The van der Waals surface area contributed by atoms with E-state index in [1.165, 1.54) is 24.5 Å². The van der Waals surface area contributed by atoms with E-state index < -0.39 is 0 Å². The van der Waals surface area contributed by atoms with E-state index in [2.05, 4.69) is 36.2 Å². The van der Waals surface area contributed by atoms with Gasteiger partial charge in [0.2, 0.25) is 0 Å². The van der Waals surface area contributed by atoms with Crippen LogP contribution < -0.4 is 10.6 Å². The molecule has 0 amide bonds. The van der Waals surface area contributed by atoms with Crippen molar-refractivity contribution in [1.29, 1.82) is 0 Å². The SMILES string of the molecule is CC(C)C1CNCC2(CCSC2)N1. The second-order valence-corrected chi connectivity index (χ2v) is 5.81. The number of hydrogen-bond donors (Lipinski definition) is 2. The zero-order chi connectivity index (χ0) is 9.31. The first-order valence-corrected chi connectivity index (χ1v) is 6.43. The van der Waals surface area contributed by atoms with Crippen molar-refractivity contribution in [2.45, 2.75) is 31.8 Å². The summed E-state index contributed by atoms with van der Waals surface area (Å²) in [7, 11) is 0. The summed E-state index contributed by atoms with van der Waals surface area (Å²) in [6.07, 6.45) is 1.34. The lowest BCUT2D eigenvalue weighted by Gasteiger charge is -2.41. The molecule has 2 unspecified atom stereocenters. The molecule has 2 fully saturated rings. The molecule has 2 N–H and O–H groups in total. The van der Waals surface area contributed by atoms with E-state index in [9.17, 15) is 0 Å². The lowest BCUT2D eigenvalue weighted by Crippen LogP contribution is -2.65. The zero-order valence-corrected chi connectivity index (χ0v) is 9.41. The largest absolute Gasteiger partial charge is 0.313 e. The molecule has 0 radical (unpaired) electrons. The molecule has 2 rings (SSSR count). The van der Waals surface area contributed by atoms with Crippen LogP contribution in [-0.2, 0) is 0 Å². The average Bonchev–Trinajstić information content (AvgIpc) is 2.53. The predicted octanol–water partition coefficient (Wildman–Crippen LogP) is 1.08. The summed E-state index contributed by atoms with van der Waals surface area (Å²) in [5.74, 6) is 3.37. The third-order valence-electron chi connectivity index (χ3n) is 3.23. The highest BCUT2D eigenvalue weighted by Gasteiger charge is 2.38. The van der Waals surface area contributed by atoms with Gasteiger partial charge < -0.3 is 10.6 Å². The zero-order valence-electron chi connectivity index (χ0n) is 8.60. The summed E-state index contributed by atoms with van der Waals surface area (Å²) in [6, 6.07) is 0.674. The van der Waals surface area contributed by atoms with E-state index >= 15 is 0 Å². The van der Waals surface area contributed by atoms with E-state index in [0.29, 0.717) is 11.6 Å². The fraction of sp³-hybridized carbons (Fsp3) is 1.00. The summed E-state index contributed by atoms with van der Waals surface area (Å²) >= 11 is 2.09. The molecule has 2 nitrogen and oxygen atoms in total. The van der Waals surface area contributed by atoms with Crippen LogP contribution in [0, 0.1) is 5.92 Å². The highest BCUT2D eigenvalue weighted by Crippen LogP contribution is 2.30. The first-order chi connectivity index (χ1) is 6.22. The fourth-order valence-electron chi connectivity index (χ4n) is 2.23. The molecule has 0 saturated carbocycles. The topological polar surface area (TPSA) is 24.1 Å². The Bertz CT molecular complexity index is 176. The predicted molar refractivity (Wildman–Crippen MR) is 59.3 cm³/mol. The minimum absolute atomic E-state index is 0.428. The van der Waals surface area contributed by atoms with Crippen molar-refractivity contribution in [2.24, 2.45) is 5.92 Å². The van der Waals surface area contributed by atoms with Crippen molar-refractivity contribution in [3.8, 4) is 0 Å². The fourth-order valence-corrected chi connectivity index (χ4v) is 3.63. The van der Waals surface area contributed by atoms with Crippen molar-refractivity contribution >= 4 is 11.8 Å². The second kappa shape index (κ2) is 3.79. The van der Waals surface area contributed by atoms with Gasteiger partial charge in [0.25, 0.3) is 0 Å². The van der Waals surface area contributed by atoms with Crippen LogP contribution >= 0.6 is 11.8 Å². The van der Waals surface area contributed by atoms with Crippen LogP contribution in [0.1, 0.15) is 20.3 Å². The molecule has 1 spiro atoms. The summed E-state index contributed by atoms with van der Waals surface area (Å²) < 4.78 is 0. The van der Waals surface area contributed by atoms with Gasteiger partial charge in [0.05, 0.1) is 0 Å². The van der Waals surface area contributed by atoms with Gasteiger partial charge in [-0.05, 0) is 18.1 Å². The molecule has 0 aromatic carbocycles. The van der Waals surface area contributed by atoms with E-state index in [1.807, 2.05) is 0 Å². The Morgan fingerprint density at radius 3 is 2.92 bits per heavy atom. The summed E-state index contributed by atoms with van der Waals surface area (Å²) in [5, 5.41) is 7.42. The van der Waals surface area contributed by atoms with Crippen molar-refractivity contribution < 1.29 is 0 Å². The van der Waals surface area contributed by atoms with Crippen LogP contribution in [0.2, 0.25) is 0 Å². The van der Waals surface area contributed by atoms with Crippen molar-refractivity contribution in [3.05, 3.63) is 0 Å². The lowest BCUT2D eigenvalue weighted by molar-refractivity contribution is 0.214. The van der Waals surface area contributed by atoms with Crippen LogP contribution in [0.25, 0.3) is 0 Å². The molecule has 2 saturated heterocycles. The molecular weight excluding hydrogens is 180 g/mol. The maximum atomic E-state index is 3.84. The Balaban J connectivity index is 1.98. The molecule has 76 valence electrons. The minimum Gasteiger partial charge on any atom is -0.313 e. The Morgan fingerprint density at radius 2 is 2.31 bits per heavy atom. The maximum Gasteiger partial charge on any atom is 0.0408 e. The van der Waals surface area contributed by atoms with E-state index in [-0.39, 0.29) is 0 Å². The number of piperazine rings is 1. The van der Waals surface area contributed by atoms with Crippen molar-refractivity contribution in [1.82, 2.24) is 10.6 Å². The van der Waals surface area contributed by atoms with Crippen LogP contribution in [0.15, 0.2) is 0 Å². The molecule has 13 heavy (non-hydrogen) atoms. The standard InChI is InChI=1S/C10H20N2S/c1-8(2)9-5-11-6-10(12-9)3-4-13-7-10/h8-9,11-12H,3-7H2,1-2H3. The van der Waals surface area contributed by atoms with Gasteiger partial charge in [-0.3, -0.25) is 0 Å². The molecule has 0 bridgehead atoms. The van der Waals surface area contributed by atoms with E-state index in [0.717, 1.165) is 12.5 Å². The highest BCUT2D eigenvalue weighted by atomic mass is 32.2. The summed E-state index contributed by atoms with van der Waals surface area (Å²) in [4.78, 5) is 0. The van der Waals surface area contributed by atoms with Crippen LogP contribution in [0.5, 0.6) is 0 Å². The minimum atomic E-state index is 0.428. The number of rotatable bonds is 1. The third kappa shape index (κ3) is 2.03. The summed E-state index contributed by atoms with van der Waals surface area (Å²) in [6.45, 7) is 6.92. The monoisotopic (exact) mass is 200 g/mol. The molecule has 2 atom stereocenters. The first kappa shape index (κ1) is 9.81. The Labute approximate surface area is 85.2 Å². The Morgan fingerprint density at radius 1 is 1.46 bits per heavy atom. The van der Waals surface area contributed by atoms with Crippen LogP contribution in [0.4, 0.5) is 0 Å². The van der Waals surface area contributed by atoms with Gasteiger partial charge in [-0.2, -0.15) is 11.8 Å². The van der Waals surface area contributed by atoms with Crippen LogP contribution in [-0.4, -0.2) is 36.2 Å². The number of thioether (sulfide) groups is 1. The van der Waals surface area contributed by atoms with Gasteiger partial charge >= 0.3 is 0 Å². The molecule has 2 aliphatic rings. The van der Waals surface area contributed by atoms with Crippen molar-refractivity contribution in [3.63, 3.8) is 0 Å². The number of hydrogen-bond acceptors (Lipinski definition) is 3. The third-order valence-corrected chi connectivity index (χ3v) is 4.48. The Hall–Kier alpha value is 0.270. The lowest BCUT2D eigenvalue weighted by atomic mass is 9.91. The molecule has 0 aliphatic carbocycles.